The van der Waals surface area contributed by atoms with Gasteiger partial charge in [0, 0.05) is 33.2 Å². The van der Waals surface area contributed by atoms with E-state index in [0.717, 1.165) is 44.9 Å². The average Bonchev–Trinajstić information content (AvgIpc) is 3.43. The Hall–Kier alpha value is -5.80. The Kier molecular flexibility index (Phi) is 6.12. The Morgan fingerprint density at radius 1 is 0.372 bits per heavy atom. The third-order valence-electron chi connectivity index (χ3n) is 8.03. The molecule has 3 heteroatoms. The molecule has 43 heavy (non-hydrogen) atoms. The molecule has 0 bridgehead atoms. The summed E-state index contributed by atoms with van der Waals surface area (Å²) in [5, 5.41) is 2.50. The Morgan fingerprint density at radius 2 is 0.884 bits per heavy atom. The van der Waals surface area contributed by atoms with Crippen molar-refractivity contribution >= 4 is 21.8 Å². The molecule has 0 aliphatic heterocycles. The SMILES string of the molecule is c1ccc(-c2cc(-c3ccc(-n4c5ccccc5c5ccccc54)cc3-c3ccccc3)nc(-c3ccccc3)n2)cc1. The predicted molar refractivity (Wildman–Crippen MR) is 178 cm³/mol. The number of benzene rings is 6. The van der Waals surface area contributed by atoms with E-state index < -0.39 is 0 Å². The summed E-state index contributed by atoms with van der Waals surface area (Å²) in [5.41, 5.74) is 10.7. The molecule has 0 spiro atoms. The highest BCUT2D eigenvalue weighted by molar-refractivity contribution is 6.09. The van der Waals surface area contributed by atoms with Crippen LogP contribution < -0.4 is 0 Å². The first-order valence-corrected chi connectivity index (χ1v) is 14.5. The van der Waals surface area contributed by atoms with Crippen molar-refractivity contribution in [3.05, 3.63) is 164 Å². The quantitative estimate of drug-likeness (QED) is 0.214. The number of para-hydroxylation sites is 2. The molecular formula is C40H27N3. The standard InChI is InChI=1S/C40H27N3/c1-4-14-28(15-5-1)35-26-31(43-38-22-12-10-20-33(38)34-21-11-13-23-39(34)43)24-25-32(35)37-27-36(29-16-6-2-7-17-29)41-40(42-37)30-18-8-3-9-19-30/h1-27H. The first kappa shape index (κ1) is 25.0. The van der Waals surface area contributed by atoms with Crippen molar-refractivity contribution in [2.24, 2.45) is 0 Å². The smallest absolute Gasteiger partial charge is 0.160 e. The Bertz CT molecular complexity index is 2110. The van der Waals surface area contributed by atoms with Crippen molar-refractivity contribution in [1.82, 2.24) is 14.5 Å². The van der Waals surface area contributed by atoms with Crippen LogP contribution in [-0.4, -0.2) is 14.5 Å². The molecule has 0 amide bonds. The van der Waals surface area contributed by atoms with E-state index in [-0.39, 0.29) is 0 Å². The summed E-state index contributed by atoms with van der Waals surface area (Å²) in [6, 6.07) is 57.3. The van der Waals surface area contributed by atoms with E-state index in [1.807, 2.05) is 24.3 Å². The zero-order chi connectivity index (χ0) is 28.6. The summed E-state index contributed by atoms with van der Waals surface area (Å²) in [7, 11) is 0. The molecule has 0 atom stereocenters. The number of hydrogen-bond donors (Lipinski definition) is 0. The minimum absolute atomic E-state index is 0.711. The van der Waals surface area contributed by atoms with Gasteiger partial charge in [-0.1, -0.05) is 133 Å². The summed E-state index contributed by atoms with van der Waals surface area (Å²) in [5.74, 6) is 0.711. The van der Waals surface area contributed by atoms with Crippen molar-refractivity contribution in [3.63, 3.8) is 0 Å². The maximum Gasteiger partial charge on any atom is 0.160 e. The molecule has 2 heterocycles. The van der Waals surface area contributed by atoms with Crippen molar-refractivity contribution in [3.8, 4) is 50.7 Å². The van der Waals surface area contributed by atoms with Crippen LogP contribution in [0.3, 0.4) is 0 Å². The van der Waals surface area contributed by atoms with E-state index >= 15 is 0 Å². The summed E-state index contributed by atoms with van der Waals surface area (Å²) in [6.07, 6.45) is 0. The van der Waals surface area contributed by atoms with Gasteiger partial charge < -0.3 is 4.57 Å². The van der Waals surface area contributed by atoms with E-state index in [9.17, 15) is 0 Å². The third-order valence-corrected chi connectivity index (χ3v) is 8.03. The zero-order valence-corrected chi connectivity index (χ0v) is 23.4. The second-order valence-electron chi connectivity index (χ2n) is 10.7. The van der Waals surface area contributed by atoms with Crippen molar-refractivity contribution in [2.45, 2.75) is 0 Å². The molecular weight excluding hydrogens is 522 g/mol. The molecule has 2 aromatic heterocycles. The van der Waals surface area contributed by atoms with Gasteiger partial charge >= 0.3 is 0 Å². The summed E-state index contributed by atoms with van der Waals surface area (Å²) in [4.78, 5) is 10.2. The van der Waals surface area contributed by atoms with E-state index in [2.05, 4.69) is 144 Å². The molecule has 0 fully saturated rings. The molecule has 0 saturated heterocycles. The molecule has 0 aliphatic rings. The summed E-state index contributed by atoms with van der Waals surface area (Å²) >= 11 is 0. The van der Waals surface area contributed by atoms with Crippen LogP contribution in [0.1, 0.15) is 0 Å². The number of rotatable bonds is 5. The van der Waals surface area contributed by atoms with Crippen LogP contribution in [0.4, 0.5) is 0 Å². The van der Waals surface area contributed by atoms with Gasteiger partial charge in [-0.25, -0.2) is 9.97 Å². The molecule has 0 N–H and O–H groups in total. The van der Waals surface area contributed by atoms with Crippen molar-refractivity contribution in [1.29, 1.82) is 0 Å². The Balaban J connectivity index is 1.39. The van der Waals surface area contributed by atoms with Crippen molar-refractivity contribution in [2.75, 3.05) is 0 Å². The Labute approximate surface area is 250 Å². The number of nitrogens with zero attached hydrogens (tertiary/aromatic N) is 3. The van der Waals surface area contributed by atoms with Gasteiger partial charge in [0.05, 0.1) is 22.4 Å². The molecule has 3 nitrogen and oxygen atoms in total. The lowest BCUT2D eigenvalue weighted by atomic mass is 9.95. The van der Waals surface area contributed by atoms with Gasteiger partial charge in [0.1, 0.15) is 0 Å². The lowest BCUT2D eigenvalue weighted by Gasteiger charge is -2.16. The van der Waals surface area contributed by atoms with Gasteiger partial charge in [-0.05, 0) is 41.5 Å². The van der Waals surface area contributed by atoms with Gasteiger partial charge in [-0.3, -0.25) is 0 Å². The van der Waals surface area contributed by atoms with Gasteiger partial charge in [-0.2, -0.15) is 0 Å². The van der Waals surface area contributed by atoms with Crippen molar-refractivity contribution < 1.29 is 0 Å². The number of hydrogen-bond acceptors (Lipinski definition) is 2. The molecule has 202 valence electrons. The van der Waals surface area contributed by atoms with Gasteiger partial charge in [0.15, 0.2) is 5.82 Å². The minimum Gasteiger partial charge on any atom is -0.309 e. The van der Waals surface area contributed by atoms with E-state index in [1.54, 1.807) is 0 Å². The normalized spacial score (nSPS) is 11.3. The molecule has 0 radical (unpaired) electrons. The molecule has 0 aliphatic carbocycles. The average molecular weight is 550 g/mol. The fraction of sp³-hybridized carbons (Fsp3) is 0. The first-order valence-electron chi connectivity index (χ1n) is 14.5. The highest BCUT2D eigenvalue weighted by atomic mass is 15.0. The lowest BCUT2D eigenvalue weighted by molar-refractivity contribution is 1.17. The number of aromatic nitrogens is 3. The van der Waals surface area contributed by atoms with Gasteiger partial charge in [0.2, 0.25) is 0 Å². The molecule has 8 rings (SSSR count). The van der Waals surface area contributed by atoms with Crippen LogP contribution in [-0.2, 0) is 0 Å². The van der Waals surface area contributed by atoms with Gasteiger partial charge in [-0.15, -0.1) is 0 Å². The summed E-state index contributed by atoms with van der Waals surface area (Å²) in [6.45, 7) is 0. The van der Waals surface area contributed by atoms with E-state index in [1.165, 1.54) is 21.8 Å². The van der Waals surface area contributed by atoms with E-state index in [4.69, 9.17) is 9.97 Å². The Morgan fingerprint density at radius 3 is 1.51 bits per heavy atom. The highest BCUT2D eigenvalue weighted by Crippen LogP contribution is 2.38. The lowest BCUT2D eigenvalue weighted by Crippen LogP contribution is -1.99. The first-order chi connectivity index (χ1) is 21.3. The second-order valence-corrected chi connectivity index (χ2v) is 10.7. The molecule has 0 unspecified atom stereocenters. The monoisotopic (exact) mass is 549 g/mol. The fourth-order valence-electron chi connectivity index (χ4n) is 6.01. The minimum atomic E-state index is 0.711. The molecule has 0 saturated carbocycles. The third kappa shape index (κ3) is 4.48. The predicted octanol–water partition coefficient (Wildman–Crippen LogP) is 10.2. The summed E-state index contributed by atoms with van der Waals surface area (Å²) < 4.78 is 2.37. The highest BCUT2D eigenvalue weighted by Gasteiger charge is 2.17. The topological polar surface area (TPSA) is 30.7 Å². The second kappa shape index (κ2) is 10.6. The maximum absolute atomic E-state index is 5.16. The van der Waals surface area contributed by atoms with Crippen LogP contribution in [0.5, 0.6) is 0 Å². The fourth-order valence-corrected chi connectivity index (χ4v) is 6.01. The number of fused-ring (bicyclic) bond motifs is 3. The van der Waals surface area contributed by atoms with Crippen LogP contribution in [0.25, 0.3) is 72.5 Å². The largest absolute Gasteiger partial charge is 0.309 e. The van der Waals surface area contributed by atoms with Crippen LogP contribution in [0, 0.1) is 0 Å². The van der Waals surface area contributed by atoms with Crippen LogP contribution in [0.15, 0.2) is 164 Å². The molecule has 8 aromatic rings. The molecule has 6 aromatic carbocycles. The van der Waals surface area contributed by atoms with Crippen LogP contribution >= 0.6 is 0 Å². The van der Waals surface area contributed by atoms with Crippen LogP contribution in [0.2, 0.25) is 0 Å². The van der Waals surface area contributed by atoms with Gasteiger partial charge in [0.25, 0.3) is 0 Å². The van der Waals surface area contributed by atoms with E-state index in [0.29, 0.717) is 5.82 Å². The zero-order valence-electron chi connectivity index (χ0n) is 23.4. The maximum atomic E-state index is 5.16.